The van der Waals surface area contributed by atoms with Crippen LogP contribution in [0.25, 0.3) is 0 Å². The van der Waals surface area contributed by atoms with Gasteiger partial charge in [0, 0.05) is 49.7 Å². The van der Waals surface area contributed by atoms with Gasteiger partial charge in [0.1, 0.15) is 0 Å². The molecular formula is C41H57N7O5+2. The molecule has 1 fully saturated rings. The Hall–Kier alpha value is -4.94. The SMILES string of the molecule is CN=C(N=C(C)c1ccc[n+](COC(=O)C(C)(C)C)c1)Nc1cc(NC(=O)c2ccc(CN3CC[N+](C)(COC(=O)C(C)(C)C)CC3)cc2)ccc1C. The Morgan fingerprint density at radius 3 is 2.15 bits per heavy atom. The number of carbonyl (C=O) groups is 3. The number of quaternary nitrogens is 1. The standard InChI is InChI=1S/C41H56N7O5/c1-29-13-18-34(24-35(29)45-39(42-9)43-30(2)33-12-11-19-47(26-33)27-52-37(50)40(3,4)5)44-36(49)32-16-14-31(15-17-32)25-46-20-22-48(10,23-21-46)28-53-38(51)41(6,7)8/h11-19,24,26H,20-23,25,27-28H2,1-10H3,(H-,42,44,45,49)/q+1/p+1. The highest BCUT2D eigenvalue weighted by Gasteiger charge is 2.32. The number of amides is 1. The molecule has 0 aliphatic carbocycles. The number of anilines is 2. The zero-order valence-corrected chi connectivity index (χ0v) is 33.1. The quantitative estimate of drug-likeness (QED) is 0.0890. The largest absolute Gasteiger partial charge is 0.415 e. The lowest BCUT2D eigenvalue weighted by molar-refractivity contribution is -0.929. The van der Waals surface area contributed by atoms with Gasteiger partial charge < -0.3 is 20.1 Å². The zero-order chi connectivity index (χ0) is 39.0. The maximum Gasteiger partial charge on any atom is 0.316 e. The van der Waals surface area contributed by atoms with Crippen molar-refractivity contribution in [2.75, 3.05) is 57.6 Å². The van der Waals surface area contributed by atoms with E-state index in [1.165, 1.54) is 0 Å². The molecule has 3 aromatic rings. The van der Waals surface area contributed by atoms with E-state index in [1.807, 2.05) is 122 Å². The number of aromatic nitrogens is 1. The van der Waals surface area contributed by atoms with Gasteiger partial charge >= 0.3 is 11.9 Å². The summed E-state index contributed by atoms with van der Waals surface area (Å²) in [6.07, 6.45) is 3.70. The van der Waals surface area contributed by atoms with Crippen LogP contribution in [0.1, 0.15) is 75.5 Å². The maximum absolute atomic E-state index is 13.2. The predicted octanol–water partition coefficient (Wildman–Crippen LogP) is 5.80. The van der Waals surface area contributed by atoms with E-state index in [4.69, 9.17) is 14.5 Å². The van der Waals surface area contributed by atoms with Gasteiger partial charge in [0.2, 0.25) is 12.7 Å². The molecule has 12 heteroatoms. The number of esters is 2. The number of guanidine groups is 1. The summed E-state index contributed by atoms with van der Waals surface area (Å²) in [6, 6.07) is 17.2. The fraction of sp³-hybridized carbons (Fsp3) is 0.463. The molecule has 0 saturated carbocycles. The molecule has 0 spiro atoms. The van der Waals surface area contributed by atoms with Crippen molar-refractivity contribution in [3.63, 3.8) is 0 Å². The number of aliphatic imine (C=N–C) groups is 2. The van der Waals surface area contributed by atoms with Crippen molar-refractivity contribution in [3.05, 3.63) is 89.2 Å². The van der Waals surface area contributed by atoms with Crippen LogP contribution < -0.4 is 15.2 Å². The van der Waals surface area contributed by atoms with Gasteiger partial charge in [-0.1, -0.05) is 18.2 Å². The van der Waals surface area contributed by atoms with Gasteiger partial charge in [-0.3, -0.25) is 28.8 Å². The van der Waals surface area contributed by atoms with Gasteiger partial charge in [0.25, 0.3) is 12.6 Å². The molecule has 284 valence electrons. The van der Waals surface area contributed by atoms with E-state index in [2.05, 4.69) is 27.6 Å². The number of likely N-dealkylation sites (N-methyl/N-ethyl adjacent to an activating group) is 1. The van der Waals surface area contributed by atoms with Crippen LogP contribution in [-0.4, -0.2) is 85.9 Å². The first-order valence-corrected chi connectivity index (χ1v) is 18.1. The number of aryl methyl sites for hydroxylation is 1. The van der Waals surface area contributed by atoms with E-state index < -0.39 is 10.8 Å². The molecule has 2 aromatic carbocycles. The Kier molecular flexibility index (Phi) is 13.3. The number of hydrogen-bond acceptors (Lipinski definition) is 7. The predicted molar refractivity (Wildman–Crippen MR) is 209 cm³/mol. The van der Waals surface area contributed by atoms with Crippen molar-refractivity contribution in [2.24, 2.45) is 20.8 Å². The van der Waals surface area contributed by atoms with E-state index in [9.17, 15) is 14.4 Å². The number of pyridine rings is 1. The van der Waals surface area contributed by atoms with Gasteiger partial charge in [-0.15, -0.1) is 0 Å². The first kappa shape index (κ1) is 40.8. The Bertz CT molecular complexity index is 1830. The number of hydrogen-bond donors (Lipinski definition) is 2. The van der Waals surface area contributed by atoms with Crippen LogP contribution in [0.4, 0.5) is 11.4 Å². The van der Waals surface area contributed by atoms with Crippen LogP contribution in [0, 0.1) is 17.8 Å². The number of piperazine rings is 1. The lowest BCUT2D eigenvalue weighted by Crippen LogP contribution is -2.58. The summed E-state index contributed by atoms with van der Waals surface area (Å²) in [5.74, 6) is -0.243. The maximum atomic E-state index is 13.2. The summed E-state index contributed by atoms with van der Waals surface area (Å²) in [5, 5.41) is 6.32. The van der Waals surface area contributed by atoms with Crippen LogP contribution in [-0.2, 0) is 32.3 Å². The number of benzene rings is 2. The van der Waals surface area contributed by atoms with Gasteiger partial charge in [0.15, 0.2) is 12.4 Å². The summed E-state index contributed by atoms with van der Waals surface area (Å²) >= 11 is 0. The molecule has 1 saturated heterocycles. The monoisotopic (exact) mass is 727 g/mol. The molecule has 2 N–H and O–H groups in total. The summed E-state index contributed by atoms with van der Waals surface area (Å²) in [7, 11) is 3.80. The molecule has 12 nitrogen and oxygen atoms in total. The highest BCUT2D eigenvalue weighted by molar-refractivity contribution is 6.09. The third kappa shape index (κ3) is 12.0. The minimum atomic E-state index is -0.580. The van der Waals surface area contributed by atoms with E-state index in [0.29, 0.717) is 28.4 Å². The normalized spacial score (nSPS) is 15.4. The highest BCUT2D eigenvalue weighted by atomic mass is 16.6. The van der Waals surface area contributed by atoms with E-state index in [0.717, 1.165) is 60.8 Å². The Balaban J connectivity index is 1.32. The first-order valence-electron chi connectivity index (χ1n) is 18.1. The second kappa shape index (κ2) is 17.3. The van der Waals surface area contributed by atoms with Crippen molar-refractivity contribution in [3.8, 4) is 0 Å². The van der Waals surface area contributed by atoms with Gasteiger partial charge in [0.05, 0.1) is 42.2 Å². The molecule has 0 unspecified atom stereocenters. The lowest BCUT2D eigenvalue weighted by Gasteiger charge is -2.41. The molecule has 1 aliphatic heterocycles. The third-order valence-electron chi connectivity index (χ3n) is 9.11. The number of ether oxygens (including phenoxy) is 2. The van der Waals surface area contributed by atoms with Crippen molar-refractivity contribution >= 4 is 40.9 Å². The summed E-state index contributed by atoms with van der Waals surface area (Å²) in [5.41, 5.74) is 4.54. The fourth-order valence-electron chi connectivity index (χ4n) is 5.41. The van der Waals surface area contributed by atoms with E-state index in [1.54, 1.807) is 11.6 Å². The Labute approximate surface area is 314 Å². The van der Waals surface area contributed by atoms with Crippen molar-refractivity contribution in [2.45, 2.75) is 68.7 Å². The lowest BCUT2D eigenvalue weighted by atomic mass is 9.97. The zero-order valence-electron chi connectivity index (χ0n) is 33.1. The molecule has 0 radical (unpaired) electrons. The second-order valence-corrected chi connectivity index (χ2v) is 16.1. The number of nitrogens with zero attached hydrogens (tertiary/aromatic N) is 5. The van der Waals surface area contributed by atoms with E-state index in [-0.39, 0.29) is 24.6 Å². The Morgan fingerprint density at radius 1 is 0.887 bits per heavy atom. The molecule has 1 amide bonds. The summed E-state index contributed by atoms with van der Waals surface area (Å²) in [6.45, 7) is 19.8. The molecule has 53 heavy (non-hydrogen) atoms. The molecule has 1 aromatic heterocycles. The molecule has 0 bridgehead atoms. The average Bonchev–Trinajstić information content (AvgIpc) is 3.11. The van der Waals surface area contributed by atoms with Gasteiger partial charge in [-0.2, -0.15) is 4.57 Å². The number of nitrogens with one attached hydrogen (secondary N) is 2. The molecule has 0 atom stereocenters. The third-order valence-corrected chi connectivity index (χ3v) is 9.11. The minimum absolute atomic E-state index is 0.101. The Morgan fingerprint density at radius 2 is 1.53 bits per heavy atom. The van der Waals surface area contributed by atoms with Crippen LogP contribution >= 0.6 is 0 Å². The van der Waals surface area contributed by atoms with Crippen LogP contribution in [0.15, 0.2) is 77.0 Å². The molecule has 4 rings (SSSR count). The minimum Gasteiger partial charge on any atom is -0.415 e. The molecular weight excluding hydrogens is 670 g/mol. The summed E-state index contributed by atoms with van der Waals surface area (Å²) < 4.78 is 13.6. The van der Waals surface area contributed by atoms with Crippen molar-refractivity contribution < 1.29 is 32.9 Å². The van der Waals surface area contributed by atoms with Gasteiger partial charge in [-0.05, 0) is 96.8 Å². The van der Waals surface area contributed by atoms with Crippen LogP contribution in [0.3, 0.4) is 0 Å². The fourth-order valence-corrected chi connectivity index (χ4v) is 5.41. The number of rotatable bonds is 10. The van der Waals surface area contributed by atoms with Crippen LogP contribution in [0.2, 0.25) is 0 Å². The summed E-state index contributed by atoms with van der Waals surface area (Å²) in [4.78, 5) is 49.2. The van der Waals surface area contributed by atoms with Gasteiger partial charge in [-0.25, -0.2) is 4.99 Å². The van der Waals surface area contributed by atoms with Crippen molar-refractivity contribution in [1.82, 2.24) is 4.90 Å². The average molecular weight is 728 g/mol. The number of carbonyl (C=O) groups excluding carboxylic acids is 3. The van der Waals surface area contributed by atoms with Crippen molar-refractivity contribution in [1.29, 1.82) is 0 Å². The smallest absolute Gasteiger partial charge is 0.316 e. The second-order valence-electron chi connectivity index (χ2n) is 16.1. The van der Waals surface area contributed by atoms with Crippen LogP contribution in [0.5, 0.6) is 0 Å². The van der Waals surface area contributed by atoms with E-state index >= 15 is 0 Å². The topological polar surface area (TPSA) is 126 Å². The highest BCUT2D eigenvalue weighted by Crippen LogP contribution is 2.23. The molecule has 2 heterocycles. The first-order chi connectivity index (χ1) is 24.8. The molecule has 1 aliphatic rings.